The highest BCUT2D eigenvalue weighted by Crippen LogP contribution is 2.33. The van der Waals surface area contributed by atoms with E-state index in [0.717, 1.165) is 24.9 Å². The van der Waals surface area contributed by atoms with Gasteiger partial charge in [-0.1, -0.05) is 36.2 Å². The van der Waals surface area contributed by atoms with Gasteiger partial charge in [0.25, 0.3) is 0 Å². The molecule has 1 saturated carbocycles. The maximum Gasteiger partial charge on any atom is 0.226 e. The van der Waals surface area contributed by atoms with Crippen molar-refractivity contribution in [1.82, 2.24) is 4.90 Å². The van der Waals surface area contributed by atoms with Gasteiger partial charge in [-0.25, -0.2) is 0 Å². The first-order chi connectivity index (χ1) is 11.0. The summed E-state index contributed by atoms with van der Waals surface area (Å²) in [6, 6.07) is 5.66. The Labute approximate surface area is 146 Å². The van der Waals surface area contributed by atoms with Crippen molar-refractivity contribution in [3.05, 3.63) is 33.8 Å². The number of ketones is 1. The number of carbonyl (C=O) groups excluding carboxylic acids is 2. The van der Waals surface area contributed by atoms with Crippen molar-refractivity contribution in [1.29, 1.82) is 0 Å². The van der Waals surface area contributed by atoms with Crippen LogP contribution in [0.15, 0.2) is 18.2 Å². The Hall–Kier alpha value is -1.06. The Balaban J connectivity index is 1.68. The van der Waals surface area contributed by atoms with Gasteiger partial charge in [0.2, 0.25) is 5.91 Å². The third-order valence-corrected chi connectivity index (χ3v) is 5.74. The van der Waals surface area contributed by atoms with Crippen LogP contribution < -0.4 is 0 Å². The van der Waals surface area contributed by atoms with Crippen molar-refractivity contribution < 1.29 is 9.59 Å². The van der Waals surface area contributed by atoms with E-state index in [-0.39, 0.29) is 23.8 Å². The van der Waals surface area contributed by atoms with Crippen molar-refractivity contribution in [2.75, 3.05) is 6.54 Å². The minimum atomic E-state index is -0.0153. The number of amides is 1. The lowest BCUT2D eigenvalue weighted by atomic mass is 9.84. The molecule has 0 aromatic heterocycles. The molecule has 3 nitrogen and oxygen atoms in total. The van der Waals surface area contributed by atoms with Crippen LogP contribution in [0.3, 0.4) is 0 Å². The standard InChI is InChI=1S/C18H21Cl2NO2/c1-11-8-15(22)4-5-17(11)21-7-6-13(18(21)23)9-12-2-3-14(19)10-16(12)20/h2-3,10-11,13,17H,4-9H2,1H3/t11-,13?,17+/m1/s1. The van der Waals surface area contributed by atoms with Gasteiger partial charge in [-0.2, -0.15) is 0 Å². The lowest BCUT2D eigenvalue weighted by Gasteiger charge is -2.35. The smallest absolute Gasteiger partial charge is 0.226 e. The molecule has 1 aliphatic carbocycles. The van der Waals surface area contributed by atoms with Crippen LogP contribution in [0.4, 0.5) is 0 Å². The number of benzene rings is 1. The first-order valence-electron chi connectivity index (χ1n) is 8.22. The summed E-state index contributed by atoms with van der Waals surface area (Å²) in [7, 11) is 0. The molecule has 1 saturated heterocycles. The highest BCUT2D eigenvalue weighted by Gasteiger charge is 2.39. The van der Waals surface area contributed by atoms with Crippen LogP contribution in [0.25, 0.3) is 0 Å². The van der Waals surface area contributed by atoms with Gasteiger partial charge in [-0.3, -0.25) is 9.59 Å². The number of halogens is 2. The fourth-order valence-electron chi connectivity index (χ4n) is 3.89. The first kappa shape index (κ1) is 16.8. The molecule has 124 valence electrons. The summed E-state index contributed by atoms with van der Waals surface area (Å²) in [5.41, 5.74) is 0.975. The zero-order valence-electron chi connectivity index (χ0n) is 13.2. The molecule has 0 spiro atoms. The van der Waals surface area contributed by atoms with Gasteiger partial charge >= 0.3 is 0 Å². The Morgan fingerprint density at radius 1 is 1.22 bits per heavy atom. The van der Waals surface area contributed by atoms with Gasteiger partial charge in [-0.15, -0.1) is 0 Å². The second-order valence-electron chi connectivity index (χ2n) is 6.78. The summed E-state index contributed by atoms with van der Waals surface area (Å²) in [5, 5.41) is 1.24. The molecule has 23 heavy (non-hydrogen) atoms. The summed E-state index contributed by atoms with van der Waals surface area (Å²) in [5.74, 6) is 0.781. The molecule has 1 aromatic carbocycles. The molecular formula is C18H21Cl2NO2. The number of nitrogens with zero attached hydrogens (tertiary/aromatic N) is 1. The molecule has 2 fully saturated rings. The van der Waals surface area contributed by atoms with Gasteiger partial charge < -0.3 is 4.90 Å². The monoisotopic (exact) mass is 353 g/mol. The topological polar surface area (TPSA) is 37.4 Å². The van der Waals surface area contributed by atoms with Crippen LogP contribution in [0.1, 0.15) is 38.2 Å². The number of Topliss-reactive ketones (excluding diaryl/α,β-unsaturated/α-hetero) is 1. The Morgan fingerprint density at radius 3 is 2.70 bits per heavy atom. The molecule has 0 N–H and O–H groups in total. The van der Waals surface area contributed by atoms with Crippen LogP contribution in [0, 0.1) is 11.8 Å². The summed E-state index contributed by atoms with van der Waals surface area (Å²) >= 11 is 12.2. The average Bonchev–Trinajstić information content (AvgIpc) is 2.83. The average molecular weight is 354 g/mol. The molecule has 3 atom stereocenters. The number of hydrogen-bond acceptors (Lipinski definition) is 2. The summed E-state index contributed by atoms with van der Waals surface area (Å²) < 4.78 is 0. The molecule has 0 bridgehead atoms. The zero-order chi connectivity index (χ0) is 16.6. The number of carbonyl (C=O) groups is 2. The lowest BCUT2D eigenvalue weighted by molar-refractivity contribution is -0.136. The lowest BCUT2D eigenvalue weighted by Crippen LogP contribution is -2.44. The van der Waals surface area contributed by atoms with Gasteiger partial charge in [0.15, 0.2) is 0 Å². The molecule has 1 heterocycles. The van der Waals surface area contributed by atoms with Gasteiger partial charge in [-0.05, 0) is 42.9 Å². The van der Waals surface area contributed by atoms with E-state index in [1.54, 1.807) is 6.07 Å². The molecular weight excluding hydrogens is 333 g/mol. The van der Waals surface area contributed by atoms with Crippen molar-refractivity contribution in [3.8, 4) is 0 Å². The minimum Gasteiger partial charge on any atom is -0.339 e. The first-order valence-corrected chi connectivity index (χ1v) is 8.97. The minimum absolute atomic E-state index is 0.0153. The van der Waals surface area contributed by atoms with Crippen LogP contribution >= 0.6 is 23.2 Å². The maximum absolute atomic E-state index is 12.8. The van der Waals surface area contributed by atoms with E-state index in [9.17, 15) is 9.59 Å². The van der Waals surface area contributed by atoms with E-state index >= 15 is 0 Å². The Morgan fingerprint density at radius 2 is 2.00 bits per heavy atom. The molecule has 5 heteroatoms. The van der Waals surface area contributed by atoms with Crippen molar-refractivity contribution >= 4 is 34.9 Å². The second kappa shape index (κ2) is 6.82. The number of rotatable bonds is 3. The molecule has 1 unspecified atom stereocenters. The predicted octanol–water partition coefficient (Wildman–Crippen LogP) is 4.14. The Kier molecular flexibility index (Phi) is 4.98. The summed E-state index contributed by atoms with van der Waals surface area (Å²) in [6.45, 7) is 2.87. The van der Waals surface area contributed by atoms with Gasteiger partial charge in [0, 0.05) is 41.4 Å². The summed E-state index contributed by atoms with van der Waals surface area (Å²) in [4.78, 5) is 26.3. The van der Waals surface area contributed by atoms with Gasteiger partial charge in [0.1, 0.15) is 5.78 Å². The largest absolute Gasteiger partial charge is 0.339 e. The van der Waals surface area contributed by atoms with Gasteiger partial charge in [0.05, 0.1) is 0 Å². The maximum atomic E-state index is 12.8. The predicted molar refractivity (Wildman–Crippen MR) is 91.8 cm³/mol. The fraction of sp³-hybridized carbons (Fsp3) is 0.556. The quantitative estimate of drug-likeness (QED) is 0.818. The van der Waals surface area contributed by atoms with E-state index in [1.807, 2.05) is 17.0 Å². The molecule has 2 aliphatic rings. The van der Waals surface area contributed by atoms with Crippen LogP contribution in [-0.2, 0) is 16.0 Å². The van der Waals surface area contributed by atoms with E-state index in [1.165, 1.54) is 0 Å². The normalized spacial score (nSPS) is 28.5. The second-order valence-corrected chi connectivity index (χ2v) is 7.63. The third kappa shape index (κ3) is 3.56. The highest BCUT2D eigenvalue weighted by molar-refractivity contribution is 6.35. The van der Waals surface area contributed by atoms with Crippen molar-refractivity contribution in [2.45, 2.75) is 45.1 Å². The molecule has 1 amide bonds. The Bertz CT molecular complexity index is 631. The fourth-order valence-corrected chi connectivity index (χ4v) is 4.37. The van der Waals surface area contributed by atoms with Crippen LogP contribution in [0.5, 0.6) is 0 Å². The number of hydrogen-bond donors (Lipinski definition) is 0. The SMILES string of the molecule is C[C@@H]1CC(=O)CC[C@@H]1N1CCC(Cc2ccc(Cl)cc2Cl)C1=O. The van der Waals surface area contributed by atoms with Crippen LogP contribution in [0.2, 0.25) is 10.0 Å². The van der Waals surface area contributed by atoms with Crippen molar-refractivity contribution in [2.24, 2.45) is 11.8 Å². The number of likely N-dealkylation sites (tertiary alicyclic amines) is 1. The van der Waals surface area contributed by atoms with Crippen molar-refractivity contribution in [3.63, 3.8) is 0 Å². The summed E-state index contributed by atoms with van der Waals surface area (Å²) in [6.07, 6.45) is 3.52. The molecule has 1 aliphatic heterocycles. The van der Waals surface area contributed by atoms with E-state index in [2.05, 4.69) is 6.92 Å². The van der Waals surface area contributed by atoms with Crippen LogP contribution in [-0.4, -0.2) is 29.2 Å². The zero-order valence-corrected chi connectivity index (χ0v) is 14.7. The molecule has 0 radical (unpaired) electrons. The van der Waals surface area contributed by atoms with E-state index < -0.39 is 0 Å². The third-order valence-electron chi connectivity index (χ3n) is 5.16. The van der Waals surface area contributed by atoms with E-state index in [4.69, 9.17) is 23.2 Å². The van der Waals surface area contributed by atoms with E-state index in [0.29, 0.717) is 35.1 Å². The molecule has 1 aromatic rings. The molecule has 3 rings (SSSR count). The highest BCUT2D eigenvalue weighted by atomic mass is 35.5.